The Morgan fingerprint density at radius 3 is 2.19 bits per heavy atom. The molecule has 2 aliphatic carbocycles. The molecule has 3 aliphatic rings. The fourth-order valence-corrected chi connectivity index (χ4v) is 4.21. The van der Waals surface area contributed by atoms with Crippen LogP contribution in [0.25, 0.3) is 0 Å². The van der Waals surface area contributed by atoms with Crippen LogP contribution in [-0.2, 0) is 9.59 Å². The van der Waals surface area contributed by atoms with Gasteiger partial charge < -0.3 is 10.2 Å². The van der Waals surface area contributed by atoms with Gasteiger partial charge in [0.1, 0.15) is 12.1 Å². The van der Waals surface area contributed by atoms with Crippen molar-refractivity contribution in [3.8, 4) is 0 Å². The van der Waals surface area contributed by atoms with Gasteiger partial charge in [-0.1, -0.05) is 33.1 Å². The molecule has 2 saturated carbocycles. The molecule has 2 unspecified atom stereocenters. The Kier molecular flexibility index (Phi) is 4.23. The zero-order chi connectivity index (χ0) is 15.0. The van der Waals surface area contributed by atoms with Gasteiger partial charge in [0.15, 0.2) is 0 Å². The van der Waals surface area contributed by atoms with Crippen molar-refractivity contribution >= 4 is 11.8 Å². The Hall–Kier alpha value is -1.06. The van der Waals surface area contributed by atoms with Gasteiger partial charge in [0, 0.05) is 6.04 Å². The summed E-state index contributed by atoms with van der Waals surface area (Å²) < 4.78 is 0. The summed E-state index contributed by atoms with van der Waals surface area (Å²) in [7, 11) is 0. The van der Waals surface area contributed by atoms with E-state index >= 15 is 0 Å². The summed E-state index contributed by atoms with van der Waals surface area (Å²) in [6.07, 6.45) is 9.16. The van der Waals surface area contributed by atoms with E-state index in [4.69, 9.17) is 0 Å². The normalized spacial score (nSPS) is 32.2. The third-order valence-corrected chi connectivity index (χ3v) is 5.61. The summed E-state index contributed by atoms with van der Waals surface area (Å²) in [5.41, 5.74) is 0. The van der Waals surface area contributed by atoms with E-state index in [2.05, 4.69) is 5.32 Å². The predicted molar refractivity (Wildman–Crippen MR) is 81.6 cm³/mol. The lowest BCUT2D eigenvalue weighted by atomic mass is 9.79. The lowest BCUT2D eigenvalue weighted by molar-refractivity contribution is -0.158. The second-order valence-corrected chi connectivity index (χ2v) is 7.40. The average molecular weight is 292 g/mol. The maximum atomic E-state index is 13.0. The average Bonchev–Trinajstić information content (AvgIpc) is 2.41. The molecule has 0 aromatic heterocycles. The number of rotatable bonds is 3. The minimum absolute atomic E-state index is 0.0760. The zero-order valence-corrected chi connectivity index (χ0v) is 13.3. The predicted octanol–water partition coefficient (Wildman–Crippen LogP) is 2.47. The van der Waals surface area contributed by atoms with Crippen molar-refractivity contribution in [2.45, 2.75) is 83.3 Å². The van der Waals surface area contributed by atoms with Crippen molar-refractivity contribution < 1.29 is 9.59 Å². The summed E-state index contributed by atoms with van der Waals surface area (Å²) >= 11 is 0. The van der Waals surface area contributed by atoms with Crippen molar-refractivity contribution in [1.82, 2.24) is 10.2 Å². The molecular weight excluding hydrogens is 264 g/mol. The molecule has 118 valence electrons. The molecule has 1 heterocycles. The number of hydrogen-bond acceptors (Lipinski definition) is 2. The molecule has 2 amide bonds. The van der Waals surface area contributed by atoms with E-state index in [-0.39, 0.29) is 29.8 Å². The SMILES string of the molecule is CC(C)C1C(=O)NC(C2CCCCC2)C(=O)N1C1CCC1. The van der Waals surface area contributed by atoms with Crippen molar-refractivity contribution in [3.05, 3.63) is 0 Å². The number of nitrogens with zero attached hydrogens (tertiary/aromatic N) is 1. The van der Waals surface area contributed by atoms with Crippen LogP contribution >= 0.6 is 0 Å². The van der Waals surface area contributed by atoms with E-state index in [9.17, 15) is 9.59 Å². The van der Waals surface area contributed by atoms with Gasteiger partial charge in [-0.15, -0.1) is 0 Å². The van der Waals surface area contributed by atoms with E-state index in [0.29, 0.717) is 12.0 Å². The summed E-state index contributed by atoms with van der Waals surface area (Å²) in [5.74, 6) is 0.810. The Labute approximate surface area is 127 Å². The third kappa shape index (κ3) is 2.69. The summed E-state index contributed by atoms with van der Waals surface area (Å²) in [5, 5.41) is 3.07. The molecule has 2 atom stereocenters. The number of carbonyl (C=O) groups is 2. The molecule has 4 nitrogen and oxygen atoms in total. The first-order valence-corrected chi connectivity index (χ1v) is 8.72. The lowest BCUT2D eigenvalue weighted by Gasteiger charge is -2.49. The quantitative estimate of drug-likeness (QED) is 0.868. The van der Waals surface area contributed by atoms with Crippen LogP contribution in [0.15, 0.2) is 0 Å². The van der Waals surface area contributed by atoms with E-state index in [0.717, 1.165) is 25.7 Å². The molecule has 1 saturated heterocycles. The first-order chi connectivity index (χ1) is 10.1. The van der Waals surface area contributed by atoms with Crippen LogP contribution < -0.4 is 5.32 Å². The van der Waals surface area contributed by atoms with Gasteiger partial charge in [-0.3, -0.25) is 9.59 Å². The third-order valence-electron chi connectivity index (χ3n) is 5.61. The van der Waals surface area contributed by atoms with Crippen LogP contribution in [0.1, 0.15) is 65.2 Å². The van der Waals surface area contributed by atoms with E-state index < -0.39 is 0 Å². The maximum Gasteiger partial charge on any atom is 0.246 e. The van der Waals surface area contributed by atoms with Gasteiger partial charge in [-0.05, 0) is 43.9 Å². The van der Waals surface area contributed by atoms with Gasteiger partial charge in [-0.25, -0.2) is 0 Å². The van der Waals surface area contributed by atoms with Crippen molar-refractivity contribution in [3.63, 3.8) is 0 Å². The highest BCUT2D eigenvalue weighted by Crippen LogP contribution is 2.35. The van der Waals surface area contributed by atoms with Crippen molar-refractivity contribution in [2.24, 2.45) is 11.8 Å². The minimum Gasteiger partial charge on any atom is -0.342 e. The van der Waals surface area contributed by atoms with Crippen molar-refractivity contribution in [2.75, 3.05) is 0 Å². The van der Waals surface area contributed by atoms with Crippen LogP contribution in [0.2, 0.25) is 0 Å². The topological polar surface area (TPSA) is 49.4 Å². The van der Waals surface area contributed by atoms with Gasteiger partial charge in [0.05, 0.1) is 0 Å². The van der Waals surface area contributed by atoms with Crippen molar-refractivity contribution in [1.29, 1.82) is 0 Å². The molecule has 21 heavy (non-hydrogen) atoms. The second kappa shape index (κ2) is 5.98. The van der Waals surface area contributed by atoms with Gasteiger partial charge >= 0.3 is 0 Å². The van der Waals surface area contributed by atoms with Crippen LogP contribution in [-0.4, -0.2) is 34.8 Å². The fourth-order valence-electron chi connectivity index (χ4n) is 4.21. The molecule has 3 rings (SSSR count). The van der Waals surface area contributed by atoms with Crippen LogP contribution in [0.5, 0.6) is 0 Å². The molecule has 4 heteroatoms. The Morgan fingerprint density at radius 2 is 1.67 bits per heavy atom. The van der Waals surface area contributed by atoms with Crippen LogP contribution in [0, 0.1) is 11.8 Å². The molecule has 0 aromatic rings. The smallest absolute Gasteiger partial charge is 0.246 e. The number of piperazine rings is 1. The molecule has 0 radical (unpaired) electrons. The molecule has 0 bridgehead atoms. The molecule has 3 fully saturated rings. The van der Waals surface area contributed by atoms with E-state index in [1.807, 2.05) is 18.7 Å². The first kappa shape index (κ1) is 14.9. The standard InChI is InChI=1S/C17H28N2O2/c1-11(2)15-16(20)18-14(12-7-4-3-5-8-12)17(21)19(15)13-9-6-10-13/h11-15H,3-10H2,1-2H3,(H,18,20). The highest BCUT2D eigenvalue weighted by Gasteiger charge is 2.48. The maximum absolute atomic E-state index is 13.0. The van der Waals surface area contributed by atoms with Gasteiger partial charge in [-0.2, -0.15) is 0 Å². The van der Waals surface area contributed by atoms with Gasteiger partial charge in [0.25, 0.3) is 0 Å². The Morgan fingerprint density at radius 1 is 1.00 bits per heavy atom. The van der Waals surface area contributed by atoms with Crippen LogP contribution in [0.4, 0.5) is 0 Å². The molecule has 1 aliphatic heterocycles. The van der Waals surface area contributed by atoms with Crippen LogP contribution in [0.3, 0.4) is 0 Å². The minimum atomic E-state index is -0.261. The van der Waals surface area contributed by atoms with E-state index in [1.165, 1.54) is 25.7 Å². The molecular formula is C17H28N2O2. The number of amides is 2. The number of carbonyl (C=O) groups excluding carboxylic acids is 2. The monoisotopic (exact) mass is 292 g/mol. The van der Waals surface area contributed by atoms with Gasteiger partial charge in [0.2, 0.25) is 11.8 Å². The number of nitrogens with one attached hydrogen (secondary N) is 1. The molecule has 0 spiro atoms. The molecule has 0 aromatic carbocycles. The summed E-state index contributed by atoms with van der Waals surface area (Å²) in [4.78, 5) is 27.6. The Bertz CT molecular complexity index is 411. The molecule has 1 N–H and O–H groups in total. The van der Waals surface area contributed by atoms with E-state index in [1.54, 1.807) is 0 Å². The largest absolute Gasteiger partial charge is 0.342 e. The summed E-state index contributed by atoms with van der Waals surface area (Å²) in [6, 6.07) is -0.210. The fraction of sp³-hybridized carbons (Fsp3) is 0.882. The lowest BCUT2D eigenvalue weighted by Crippen LogP contribution is -2.69. The first-order valence-electron chi connectivity index (χ1n) is 8.72. The highest BCUT2D eigenvalue weighted by molar-refractivity contribution is 5.97. The zero-order valence-electron chi connectivity index (χ0n) is 13.3. The number of hydrogen-bond donors (Lipinski definition) is 1. The second-order valence-electron chi connectivity index (χ2n) is 7.40. The highest BCUT2D eigenvalue weighted by atomic mass is 16.2. The Balaban J connectivity index is 1.81. The summed E-state index contributed by atoms with van der Waals surface area (Å²) in [6.45, 7) is 4.09.